The van der Waals surface area contributed by atoms with Crippen molar-refractivity contribution < 1.29 is 14.3 Å². The summed E-state index contributed by atoms with van der Waals surface area (Å²) in [6.45, 7) is 3.54. The number of halogens is 1. The summed E-state index contributed by atoms with van der Waals surface area (Å²) in [5.74, 6) is -0.705. The summed E-state index contributed by atoms with van der Waals surface area (Å²) in [5.41, 5.74) is 0.223. The number of hydrogen-bond donors (Lipinski definition) is 1. The molecule has 1 aliphatic rings. The van der Waals surface area contributed by atoms with Gasteiger partial charge in [0.15, 0.2) is 0 Å². The average Bonchev–Trinajstić information content (AvgIpc) is 2.79. The molecule has 1 fully saturated rings. The molecular formula is C13H20ClNO3. The Hall–Kier alpha value is -1.03. The largest absolute Gasteiger partial charge is 0.458 e. The first-order valence-electron chi connectivity index (χ1n) is 6.31. The lowest BCUT2D eigenvalue weighted by Gasteiger charge is -2.13. The lowest BCUT2D eigenvalue weighted by atomic mass is 10.1. The Morgan fingerprint density at radius 3 is 2.50 bits per heavy atom. The summed E-state index contributed by atoms with van der Waals surface area (Å²) < 4.78 is 5.10. The fourth-order valence-corrected chi connectivity index (χ4v) is 2.05. The molecule has 18 heavy (non-hydrogen) atoms. The number of carbonyl (C=O) groups excluding carboxylic acids is 2. The van der Waals surface area contributed by atoms with Crippen LogP contribution >= 0.6 is 11.6 Å². The minimum Gasteiger partial charge on any atom is -0.458 e. The molecule has 0 saturated heterocycles. The fourth-order valence-electron chi connectivity index (χ4n) is 1.98. The van der Waals surface area contributed by atoms with Crippen molar-refractivity contribution in [1.82, 2.24) is 5.32 Å². The summed E-state index contributed by atoms with van der Waals surface area (Å²) in [5, 5.41) is 2.51. The normalized spacial score (nSPS) is 17.0. The molecule has 102 valence electrons. The summed E-state index contributed by atoms with van der Waals surface area (Å²) in [6, 6.07) is 0. The van der Waals surface area contributed by atoms with Crippen LogP contribution in [0.1, 0.15) is 39.5 Å². The molecular weight excluding hydrogens is 254 g/mol. The molecule has 0 aromatic heterocycles. The first-order chi connectivity index (χ1) is 8.52. The van der Waals surface area contributed by atoms with E-state index in [-0.39, 0.29) is 23.6 Å². The Kier molecular flexibility index (Phi) is 6.19. The standard InChI is InChI=1S/C13H20ClNO3/c1-9(2)18-13(17)11(15-12(16)8-14)7-10-5-3-4-6-10/h7,9-10H,3-6,8H2,1-2H3,(H,15,16)/b11-7-. The van der Waals surface area contributed by atoms with Crippen molar-refractivity contribution in [2.75, 3.05) is 5.88 Å². The number of hydrogen-bond acceptors (Lipinski definition) is 3. The molecule has 0 aliphatic heterocycles. The Morgan fingerprint density at radius 2 is 2.00 bits per heavy atom. The lowest BCUT2D eigenvalue weighted by Crippen LogP contribution is -2.31. The van der Waals surface area contributed by atoms with Crippen LogP contribution in [0, 0.1) is 5.92 Å². The number of esters is 1. The number of nitrogens with one attached hydrogen (secondary N) is 1. The van der Waals surface area contributed by atoms with Crippen LogP contribution in [0.2, 0.25) is 0 Å². The number of amides is 1. The van der Waals surface area contributed by atoms with Gasteiger partial charge in [0.25, 0.3) is 0 Å². The van der Waals surface area contributed by atoms with Gasteiger partial charge in [-0.1, -0.05) is 18.9 Å². The van der Waals surface area contributed by atoms with Crippen LogP contribution < -0.4 is 5.32 Å². The maximum absolute atomic E-state index is 11.8. The molecule has 1 saturated carbocycles. The average molecular weight is 274 g/mol. The van der Waals surface area contributed by atoms with Crippen LogP contribution in [-0.2, 0) is 14.3 Å². The first kappa shape index (κ1) is 15.0. The molecule has 0 heterocycles. The Bertz CT molecular complexity index is 333. The summed E-state index contributed by atoms with van der Waals surface area (Å²) >= 11 is 5.43. The number of alkyl halides is 1. The molecule has 5 heteroatoms. The second-order valence-electron chi connectivity index (χ2n) is 4.76. The molecule has 0 radical (unpaired) electrons. The van der Waals surface area contributed by atoms with E-state index in [2.05, 4.69) is 5.32 Å². The Morgan fingerprint density at radius 1 is 1.39 bits per heavy atom. The highest BCUT2D eigenvalue weighted by molar-refractivity contribution is 6.27. The summed E-state index contributed by atoms with van der Waals surface area (Å²) in [4.78, 5) is 23.1. The van der Waals surface area contributed by atoms with Crippen LogP contribution in [0.3, 0.4) is 0 Å². The number of carbonyl (C=O) groups is 2. The molecule has 0 spiro atoms. The van der Waals surface area contributed by atoms with Crippen molar-refractivity contribution in [3.05, 3.63) is 11.8 Å². The highest BCUT2D eigenvalue weighted by Crippen LogP contribution is 2.26. The third-order valence-electron chi connectivity index (χ3n) is 2.76. The Labute approximate surface area is 113 Å². The molecule has 0 aromatic rings. The van der Waals surface area contributed by atoms with Gasteiger partial charge in [-0.15, -0.1) is 11.6 Å². The van der Waals surface area contributed by atoms with E-state index in [9.17, 15) is 9.59 Å². The smallest absolute Gasteiger partial charge is 0.354 e. The van der Waals surface area contributed by atoms with E-state index in [4.69, 9.17) is 16.3 Å². The van der Waals surface area contributed by atoms with Crippen molar-refractivity contribution in [1.29, 1.82) is 0 Å². The van der Waals surface area contributed by atoms with E-state index in [0.29, 0.717) is 5.92 Å². The van der Waals surface area contributed by atoms with Crippen molar-refractivity contribution in [3.63, 3.8) is 0 Å². The lowest BCUT2D eigenvalue weighted by molar-refractivity contribution is -0.144. The maximum atomic E-state index is 11.8. The van der Waals surface area contributed by atoms with E-state index in [1.54, 1.807) is 13.8 Å². The van der Waals surface area contributed by atoms with Crippen LogP contribution in [-0.4, -0.2) is 23.9 Å². The van der Waals surface area contributed by atoms with E-state index >= 15 is 0 Å². The highest BCUT2D eigenvalue weighted by atomic mass is 35.5. The third kappa shape index (κ3) is 5.08. The van der Waals surface area contributed by atoms with Gasteiger partial charge < -0.3 is 10.1 Å². The predicted octanol–water partition coefficient (Wildman–Crippen LogP) is 2.37. The predicted molar refractivity (Wildman–Crippen MR) is 70.1 cm³/mol. The minimum atomic E-state index is -0.490. The number of ether oxygens (including phenoxy) is 1. The summed E-state index contributed by atoms with van der Waals surface area (Å²) in [6.07, 6.45) is 6.03. The van der Waals surface area contributed by atoms with Gasteiger partial charge in [-0.05, 0) is 32.6 Å². The van der Waals surface area contributed by atoms with Gasteiger partial charge in [-0.3, -0.25) is 4.79 Å². The fraction of sp³-hybridized carbons (Fsp3) is 0.692. The van der Waals surface area contributed by atoms with Gasteiger partial charge in [0.05, 0.1) is 6.10 Å². The monoisotopic (exact) mass is 273 g/mol. The SMILES string of the molecule is CC(C)OC(=O)/C(=C/C1CCCC1)NC(=O)CCl. The van der Waals surface area contributed by atoms with Gasteiger partial charge in [0.2, 0.25) is 5.91 Å². The maximum Gasteiger partial charge on any atom is 0.354 e. The van der Waals surface area contributed by atoms with Gasteiger partial charge in [-0.25, -0.2) is 4.79 Å². The molecule has 0 unspecified atom stereocenters. The zero-order valence-corrected chi connectivity index (χ0v) is 11.6. The van der Waals surface area contributed by atoms with Crippen LogP contribution in [0.4, 0.5) is 0 Å². The van der Waals surface area contributed by atoms with Gasteiger partial charge in [0, 0.05) is 0 Å². The van der Waals surface area contributed by atoms with E-state index in [0.717, 1.165) is 25.7 Å². The molecule has 0 aromatic carbocycles. The molecule has 1 aliphatic carbocycles. The molecule has 1 rings (SSSR count). The zero-order valence-electron chi connectivity index (χ0n) is 10.9. The van der Waals surface area contributed by atoms with Crippen LogP contribution in [0.25, 0.3) is 0 Å². The molecule has 0 atom stereocenters. The van der Waals surface area contributed by atoms with Crippen molar-refractivity contribution in [2.24, 2.45) is 5.92 Å². The first-order valence-corrected chi connectivity index (χ1v) is 6.85. The van der Waals surface area contributed by atoms with Crippen LogP contribution in [0.5, 0.6) is 0 Å². The second-order valence-corrected chi connectivity index (χ2v) is 5.03. The topological polar surface area (TPSA) is 55.4 Å². The second kappa shape index (κ2) is 7.41. The zero-order chi connectivity index (χ0) is 13.5. The molecule has 1 amide bonds. The van der Waals surface area contributed by atoms with Crippen molar-refractivity contribution in [3.8, 4) is 0 Å². The number of rotatable bonds is 5. The van der Waals surface area contributed by atoms with Gasteiger partial charge in [-0.2, -0.15) is 0 Å². The summed E-state index contributed by atoms with van der Waals surface area (Å²) in [7, 11) is 0. The van der Waals surface area contributed by atoms with Crippen LogP contribution in [0.15, 0.2) is 11.8 Å². The highest BCUT2D eigenvalue weighted by Gasteiger charge is 2.20. The van der Waals surface area contributed by atoms with E-state index in [1.165, 1.54) is 0 Å². The third-order valence-corrected chi connectivity index (χ3v) is 3.00. The quantitative estimate of drug-likeness (QED) is 0.475. The van der Waals surface area contributed by atoms with Crippen molar-refractivity contribution in [2.45, 2.75) is 45.6 Å². The number of allylic oxidation sites excluding steroid dienone is 1. The van der Waals surface area contributed by atoms with E-state index < -0.39 is 5.97 Å². The minimum absolute atomic E-state index is 0.170. The van der Waals surface area contributed by atoms with Gasteiger partial charge in [0.1, 0.15) is 11.6 Å². The Balaban J connectivity index is 2.72. The van der Waals surface area contributed by atoms with E-state index in [1.807, 2.05) is 6.08 Å². The van der Waals surface area contributed by atoms with Gasteiger partial charge >= 0.3 is 5.97 Å². The van der Waals surface area contributed by atoms with Crippen molar-refractivity contribution >= 4 is 23.5 Å². The molecule has 1 N–H and O–H groups in total. The molecule has 0 bridgehead atoms. The molecule has 4 nitrogen and oxygen atoms in total.